The zero-order chi connectivity index (χ0) is 11.1. The van der Waals surface area contributed by atoms with Gasteiger partial charge in [-0.1, -0.05) is 6.92 Å². The van der Waals surface area contributed by atoms with Crippen molar-refractivity contribution in [2.24, 2.45) is 5.92 Å². The number of aliphatic carboxylic acids is 2. The van der Waals surface area contributed by atoms with Crippen molar-refractivity contribution in [1.82, 2.24) is 4.90 Å². The molecule has 0 aromatic rings. The lowest BCUT2D eigenvalue weighted by Crippen LogP contribution is -2.27. The SMILES string of the molecule is CC(=O)O.CC1CCN(CC(=O)O)C1. The molecule has 0 saturated carbocycles. The maximum Gasteiger partial charge on any atom is 0.317 e. The van der Waals surface area contributed by atoms with Gasteiger partial charge in [0, 0.05) is 13.5 Å². The summed E-state index contributed by atoms with van der Waals surface area (Å²) in [4.78, 5) is 21.2. The largest absolute Gasteiger partial charge is 0.481 e. The maximum atomic E-state index is 10.2. The fourth-order valence-corrected chi connectivity index (χ4v) is 1.36. The fraction of sp³-hybridized carbons (Fsp3) is 0.778. The smallest absolute Gasteiger partial charge is 0.317 e. The average molecular weight is 203 g/mol. The molecule has 1 aliphatic heterocycles. The van der Waals surface area contributed by atoms with E-state index in [2.05, 4.69) is 6.92 Å². The third kappa shape index (κ3) is 7.54. The maximum absolute atomic E-state index is 10.2. The molecule has 0 aromatic heterocycles. The zero-order valence-corrected chi connectivity index (χ0v) is 8.56. The fourth-order valence-electron chi connectivity index (χ4n) is 1.36. The molecular formula is C9H17NO4. The Labute approximate surface area is 83.3 Å². The van der Waals surface area contributed by atoms with E-state index in [9.17, 15) is 4.79 Å². The molecule has 1 unspecified atom stereocenters. The molecule has 0 amide bonds. The number of likely N-dealkylation sites (tertiary alicyclic amines) is 1. The monoisotopic (exact) mass is 203 g/mol. The molecule has 2 N–H and O–H groups in total. The minimum absolute atomic E-state index is 0.213. The number of rotatable bonds is 2. The summed E-state index contributed by atoms with van der Waals surface area (Å²) in [6.07, 6.45) is 1.15. The number of carboxylic acids is 2. The van der Waals surface area contributed by atoms with Gasteiger partial charge in [0.15, 0.2) is 0 Å². The van der Waals surface area contributed by atoms with Gasteiger partial charge in [0.1, 0.15) is 0 Å². The van der Waals surface area contributed by atoms with Crippen molar-refractivity contribution in [3.8, 4) is 0 Å². The van der Waals surface area contributed by atoms with Crippen LogP contribution in [0.2, 0.25) is 0 Å². The first-order valence-electron chi connectivity index (χ1n) is 4.55. The molecule has 0 aliphatic carbocycles. The van der Waals surface area contributed by atoms with Gasteiger partial charge in [-0.25, -0.2) is 0 Å². The van der Waals surface area contributed by atoms with Crippen molar-refractivity contribution >= 4 is 11.9 Å². The van der Waals surface area contributed by atoms with Crippen LogP contribution < -0.4 is 0 Å². The van der Waals surface area contributed by atoms with E-state index in [1.165, 1.54) is 0 Å². The first kappa shape index (κ1) is 12.9. The van der Waals surface area contributed by atoms with Crippen LogP contribution in [0.1, 0.15) is 20.3 Å². The van der Waals surface area contributed by atoms with Crippen molar-refractivity contribution < 1.29 is 19.8 Å². The minimum Gasteiger partial charge on any atom is -0.481 e. The Morgan fingerprint density at radius 3 is 2.21 bits per heavy atom. The highest BCUT2D eigenvalue weighted by Gasteiger charge is 2.19. The molecule has 1 atom stereocenters. The summed E-state index contributed by atoms with van der Waals surface area (Å²) in [6, 6.07) is 0. The zero-order valence-electron chi connectivity index (χ0n) is 8.56. The summed E-state index contributed by atoms with van der Waals surface area (Å²) >= 11 is 0. The van der Waals surface area contributed by atoms with E-state index >= 15 is 0 Å². The Morgan fingerprint density at radius 2 is 1.93 bits per heavy atom. The normalized spacial score (nSPS) is 21.1. The molecular weight excluding hydrogens is 186 g/mol. The van der Waals surface area contributed by atoms with Crippen LogP contribution in [0.5, 0.6) is 0 Å². The van der Waals surface area contributed by atoms with Gasteiger partial charge in [-0.05, 0) is 18.9 Å². The molecule has 5 heteroatoms. The molecule has 82 valence electrons. The van der Waals surface area contributed by atoms with Crippen LogP contribution in [0.25, 0.3) is 0 Å². The van der Waals surface area contributed by atoms with Gasteiger partial charge in [0.05, 0.1) is 6.54 Å². The van der Waals surface area contributed by atoms with Gasteiger partial charge in [0.25, 0.3) is 5.97 Å². The van der Waals surface area contributed by atoms with Gasteiger partial charge >= 0.3 is 5.97 Å². The number of carbonyl (C=O) groups is 2. The highest BCUT2D eigenvalue weighted by atomic mass is 16.4. The third-order valence-electron chi connectivity index (χ3n) is 1.87. The quantitative estimate of drug-likeness (QED) is 0.683. The van der Waals surface area contributed by atoms with Crippen LogP contribution in [0.3, 0.4) is 0 Å². The van der Waals surface area contributed by atoms with E-state index in [1.807, 2.05) is 4.90 Å². The number of hydrogen-bond donors (Lipinski definition) is 2. The number of carboxylic acid groups (broad SMARTS) is 2. The van der Waals surface area contributed by atoms with Gasteiger partial charge in [-0.2, -0.15) is 0 Å². The lowest BCUT2D eigenvalue weighted by molar-refractivity contribution is -0.138. The van der Waals surface area contributed by atoms with Gasteiger partial charge < -0.3 is 10.2 Å². The second kappa shape index (κ2) is 6.37. The highest BCUT2D eigenvalue weighted by molar-refractivity contribution is 5.69. The first-order chi connectivity index (χ1) is 6.41. The Bertz CT molecular complexity index is 201. The predicted molar refractivity (Wildman–Crippen MR) is 51.2 cm³/mol. The molecule has 0 spiro atoms. The van der Waals surface area contributed by atoms with E-state index in [1.54, 1.807) is 0 Å². The van der Waals surface area contributed by atoms with E-state index in [0.29, 0.717) is 5.92 Å². The van der Waals surface area contributed by atoms with Crippen molar-refractivity contribution in [2.45, 2.75) is 20.3 Å². The first-order valence-corrected chi connectivity index (χ1v) is 4.55. The molecule has 1 rings (SSSR count). The van der Waals surface area contributed by atoms with Crippen LogP contribution in [0.15, 0.2) is 0 Å². The van der Waals surface area contributed by atoms with Crippen molar-refractivity contribution in [3.63, 3.8) is 0 Å². The van der Waals surface area contributed by atoms with E-state index in [4.69, 9.17) is 15.0 Å². The molecule has 5 nitrogen and oxygen atoms in total. The minimum atomic E-state index is -0.833. The van der Waals surface area contributed by atoms with Crippen LogP contribution in [-0.4, -0.2) is 46.7 Å². The van der Waals surface area contributed by atoms with Gasteiger partial charge in [0.2, 0.25) is 0 Å². The molecule has 0 bridgehead atoms. The summed E-state index contributed by atoms with van der Waals surface area (Å²) in [5.41, 5.74) is 0. The molecule has 0 radical (unpaired) electrons. The summed E-state index contributed by atoms with van der Waals surface area (Å²) in [5.74, 6) is -0.867. The second-order valence-corrected chi connectivity index (χ2v) is 3.54. The van der Waals surface area contributed by atoms with Crippen LogP contribution in [-0.2, 0) is 9.59 Å². The van der Waals surface area contributed by atoms with E-state index in [-0.39, 0.29) is 6.54 Å². The van der Waals surface area contributed by atoms with Crippen molar-refractivity contribution in [2.75, 3.05) is 19.6 Å². The summed E-state index contributed by atoms with van der Waals surface area (Å²) < 4.78 is 0. The molecule has 1 saturated heterocycles. The second-order valence-electron chi connectivity index (χ2n) is 3.54. The molecule has 1 fully saturated rings. The topological polar surface area (TPSA) is 77.8 Å². The predicted octanol–water partition coefficient (Wildman–Crippen LogP) is 0.504. The Balaban J connectivity index is 0.000000364. The van der Waals surface area contributed by atoms with Gasteiger partial charge in [-0.15, -0.1) is 0 Å². The molecule has 14 heavy (non-hydrogen) atoms. The van der Waals surface area contributed by atoms with Gasteiger partial charge in [-0.3, -0.25) is 14.5 Å². The number of nitrogens with zero attached hydrogens (tertiary/aromatic N) is 1. The lowest BCUT2D eigenvalue weighted by atomic mass is 10.2. The van der Waals surface area contributed by atoms with Crippen molar-refractivity contribution in [1.29, 1.82) is 0 Å². The summed E-state index contributed by atoms with van der Waals surface area (Å²) in [5, 5.41) is 15.8. The number of hydrogen-bond acceptors (Lipinski definition) is 3. The van der Waals surface area contributed by atoms with Crippen LogP contribution >= 0.6 is 0 Å². The Hall–Kier alpha value is -1.10. The Morgan fingerprint density at radius 1 is 1.43 bits per heavy atom. The van der Waals surface area contributed by atoms with E-state index < -0.39 is 11.9 Å². The highest BCUT2D eigenvalue weighted by Crippen LogP contribution is 2.13. The van der Waals surface area contributed by atoms with E-state index in [0.717, 1.165) is 26.4 Å². The van der Waals surface area contributed by atoms with Crippen LogP contribution in [0.4, 0.5) is 0 Å². The molecule has 1 heterocycles. The third-order valence-corrected chi connectivity index (χ3v) is 1.87. The average Bonchev–Trinajstić information content (AvgIpc) is 2.32. The Kier molecular flexibility index (Phi) is 5.87. The molecule has 0 aromatic carbocycles. The van der Waals surface area contributed by atoms with Crippen molar-refractivity contribution in [3.05, 3.63) is 0 Å². The van der Waals surface area contributed by atoms with Crippen LogP contribution in [0, 0.1) is 5.92 Å². The molecule has 1 aliphatic rings. The lowest BCUT2D eigenvalue weighted by Gasteiger charge is -2.10. The summed E-state index contributed by atoms with van der Waals surface area (Å²) in [6.45, 7) is 5.35. The standard InChI is InChI=1S/C7H13NO2.C2H4O2/c1-6-2-3-8(4-6)5-7(9)10;1-2(3)4/h6H,2-5H2,1H3,(H,9,10);1H3,(H,3,4). The summed E-state index contributed by atoms with van der Waals surface area (Å²) in [7, 11) is 0.